The second-order valence-electron chi connectivity index (χ2n) is 4.45. The van der Waals surface area contributed by atoms with E-state index in [1.807, 2.05) is 25.1 Å². The molecule has 4 heteroatoms. The number of para-hydroxylation sites is 1. The molecule has 0 unspecified atom stereocenters. The maximum Gasteiger partial charge on any atom is 0.144 e. The normalized spacial score (nSPS) is 10.7. The first-order valence-corrected chi connectivity index (χ1v) is 7.41. The van der Waals surface area contributed by atoms with Crippen LogP contribution in [0.1, 0.15) is 6.92 Å². The molecule has 0 radical (unpaired) electrons. The topological polar surface area (TPSA) is 47.3 Å². The van der Waals surface area contributed by atoms with Gasteiger partial charge >= 0.3 is 0 Å². The van der Waals surface area contributed by atoms with Crippen LogP contribution >= 0.6 is 11.3 Å². The van der Waals surface area contributed by atoms with Gasteiger partial charge in [-0.05, 0) is 54.1 Å². The Morgan fingerprint density at radius 3 is 2.95 bits per heavy atom. The molecular formula is C16H16N2OS. The van der Waals surface area contributed by atoms with Crippen molar-refractivity contribution in [1.82, 2.24) is 0 Å². The van der Waals surface area contributed by atoms with Gasteiger partial charge < -0.3 is 15.8 Å². The fourth-order valence-electron chi connectivity index (χ4n) is 2.13. The van der Waals surface area contributed by atoms with Crippen molar-refractivity contribution in [3.63, 3.8) is 0 Å². The Morgan fingerprint density at radius 2 is 2.10 bits per heavy atom. The molecule has 1 aromatic heterocycles. The van der Waals surface area contributed by atoms with Crippen LogP contribution in [0, 0.1) is 0 Å². The molecule has 3 rings (SSSR count). The minimum absolute atomic E-state index is 0.606. The fraction of sp³-hybridized carbons (Fsp3) is 0.125. The summed E-state index contributed by atoms with van der Waals surface area (Å²) in [6, 6.07) is 14.2. The van der Waals surface area contributed by atoms with E-state index in [0.717, 1.165) is 11.4 Å². The van der Waals surface area contributed by atoms with E-state index in [1.165, 1.54) is 10.1 Å². The fourth-order valence-corrected chi connectivity index (χ4v) is 2.91. The second-order valence-corrected chi connectivity index (χ2v) is 5.40. The molecule has 3 aromatic rings. The summed E-state index contributed by atoms with van der Waals surface area (Å²) in [5, 5.41) is 6.68. The van der Waals surface area contributed by atoms with Crippen molar-refractivity contribution in [3.05, 3.63) is 47.8 Å². The van der Waals surface area contributed by atoms with Gasteiger partial charge in [0.2, 0.25) is 0 Å². The summed E-state index contributed by atoms with van der Waals surface area (Å²) >= 11 is 1.74. The molecule has 0 spiro atoms. The first-order chi connectivity index (χ1) is 9.78. The van der Waals surface area contributed by atoms with E-state index < -0.39 is 0 Å². The molecule has 0 atom stereocenters. The van der Waals surface area contributed by atoms with Crippen LogP contribution in [-0.2, 0) is 0 Å². The smallest absolute Gasteiger partial charge is 0.144 e. The van der Waals surface area contributed by atoms with Gasteiger partial charge in [-0.1, -0.05) is 6.07 Å². The molecule has 1 heterocycles. The number of nitrogens with one attached hydrogen (secondary N) is 1. The van der Waals surface area contributed by atoms with Gasteiger partial charge in [0, 0.05) is 10.4 Å². The summed E-state index contributed by atoms with van der Waals surface area (Å²) in [7, 11) is 0. The summed E-state index contributed by atoms with van der Waals surface area (Å²) in [5.74, 6) is 0.717. The zero-order valence-corrected chi connectivity index (χ0v) is 12.0. The van der Waals surface area contributed by atoms with E-state index in [0.29, 0.717) is 18.0 Å². The minimum atomic E-state index is 0.606. The average Bonchev–Trinajstić information content (AvgIpc) is 2.91. The van der Waals surface area contributed by atoms with Crippen molar-refractivity contribution in [2.45, 2.75) is 6.92 Å². The van der Waals surface area contributed by atoms with Crippen LogP contribution in [0.3, 0.4) is 0 Å². The third kappa shape index (κ3) is 2.42. The molecule has 20 heavy (non-hydrogen) atoms. The zero-order valence-electron chi connectivity index (χ0n) is 11.2. The number of benzene rings is 2. The van der Waals surface area contributed by atoms with Crippen LogP contribution in [0.2, 0.25) is 0 Å². The van der Waals surface area contributed by atoms with Gasteiger partial charge in [0.1, 0.15) is 5.75 Å². The highest BCUT2D eigenvalue weighted by Gasteiger charge is 2.06. The molecule has 3 N–H and O–H groups in total. The Labute approximate surface area is 122 Å². The molecule has 0 aliphatic rings. The number of nitrogen functional groups attached to an aromatic ring is 1. The largest absolute Gasteiger partial charge is 0.492 e. The molecular weight excluding hydrogens is 268 g/mol. The molecule has 0 aliphatic heterocycles. The number of hydrogen-bond acceptors (Lipinski definition) is 4. The highest BCUT2D eigenvalue weighted by molar-refractivity contribution is 7.17. The number of rotatable bonds is 4. The van der Waals surface area contributed by atoms with Crippen molar-refractivity contribution < 1.29 is 4.74 Å². The van der Waals surface area contributed by atoms with E-state index in [2.05, 4.69) is 35.0 Å². The molecule has 0 bridgehead atoms. The first kappa shape index (κ1) is 12.8. The number of hydrogen-bond donors (Lipinski definition) is 2. The predicted octanol–water partition coefficient (Wildman–Crippen LogP) is 4.63. The van der Waals surface area contributed by atoms with Gasteiger partial charge in [-0.3, -0.25) is 0 Å². The van der Waals surface area contributed by atoms with Crippen molar-refractivity contribution in [2.75, 3.05) is 17.7 Å². The van der Waals surface area contributed by atoms with Gasteiger partial charge in [0.25, 0.3) is 0 Å². The Kier molecular flexibility index (Phi) is 3.48. The number of anilines is 3. The standard InChI is InChI=1S/C16H16N2OS/c1-2-19-14-5-3-4-13(16(14)17)18-12-6-7-15-11(10-12)8-9-20-15/h3-10,18H,2,17H2,1H3. The van der Waals surface area contributed by atoms with Crippen LogP contribution in [0.15, 0.2) is 47.8 Å². The lowest BCUT2D eigenvalue weighted by Crippen LogP contribution is -2.00. The number of thiophene rings is 1. The van der Waals surface area contributed by atoms with Crippen LogP contribution in [0.25, 0.3) is 10.1 Å². The zero-order chi connectivity index (χ0) is 13.9. The summed E-state index contributed by atoms with van der Waals surface area (Å²) in [5.41, 5.74) is 8.65. The van der Waals surface area contributed by atoms with Crippen LogP contribution < -0.4 is 15.8 Å². The Hall–Kier alpha value is -2.20. The van der Waals surface area contributed by atoms with E-state index in [1.54, 1.807) is 11.3 Å². The highest BCUT2D eigenvalue weighted by Crippen LogP contribution is 2.33. The Balaban J connectivity index is 1.91. The van der Waals surface area contributed by atoms with Crippen molar-refractivity contribution in [2.24, 2.45) is 0 Å². The molecule has 102 valence electrons. The Bertz CT molecular complexity index is 736. The third-order valence-corrected chi connectivity index (χ3v) is 4.00. The molecule has 2 aromatic carbocycles. The summed E-state index contributed by atoms with van der Waals surface area (Å²) < 4.78 is 6.79. The van der Waals surface area contributed by atoms with Crippen LogP contribution in [-0.4, -0.2) is 6.61 Å². The SMILES string of the molecule is CCOc1cccc(Nc2ccc3sccc3c2)c1N. The quantitative estimate of drug-likeness (QED) is 0.687. The molecule has 3 nitrogen and oxygen atoms in total. The van der Waals surface area contributed by atoms with Gasteiger partial charge in [0.05, 0.1) is 18.0 Å². The number of ether oxygens (including phenoxy) is 1. The minimum Gasteiger partial charge on any atom is -0.492 e. The summed E-state index contributed by atoms with van der Waals surface area (Å²) in [6.45, 7) is 2.55. The van der Waals surface area contributed by atoms with E-state index in [-0.39, 0.29) is 0 Å². The molecule has 0 saturated carbocycles. The van der Waals surface area contributed by atoms with Gasteiger partial charge in [-0.15, -0.1) is 11.3 Å². The van der Waals surface area contributed by atoms with Crippen molar-refractivity contribution in [3.8, 4) is 5.75 Å². The molecule has 0 aliphatic carbocycles. The Morgan fingerprint density at radius 1 is 1.20 bits per heavy atom. The maximum atomic E-state index is 6.12. The average molecular weight is 284 g/mol. The van der Waals surface area contributed by atoms with Crippen LogP contribution in [0.5, 0.6) is 5.75 Å². The van der Waals surface area contributed by atoms with Gasteiger partial charge in [-0.2, -0.15) is 0 Å². The monoisotopic (exact) mass is 284 g/mol. The molecule has 0 saturated heterocycles. The maximum absolute atomic E-state index is 6.12. The molecule has 0 amide bonds. The lowest BCUT2D eigenvalue weighted by atomic mass is 10.2. The van der Waals surface area contributed by atoms with Gasteiger partial charge in [0.15, 0.2) is 0 Å². The summed E-state index contributed by atoms with van der Waals surface area (Å²) in [4.78, 5) is 0. The van der Waals surface area contributed by atoms with E-state index >= 15 is 0 Å². The van der Waals surface area contributed by atoms with Crippen LogP contribution in [0.4, 0.5) is 17.1 Å². The predicted molar refractivity (Wildman–Crippen MR) is 87.1 cm³/mol. The van der Waals surface area contributed by atoms with E-state index in [4.69, 9.17) is 10.5 Å². The highest BCUT2D eigenvalue weighted by atomic mass is 32.1. The second kappa shape index (κ2) is 5.43. The molecule has 0 fully saturated rings. The lowest BCUT2D eigenvalue weighted by Gasteiger charge is -2.13. The number of fused-ring (bicyclic) bond motifs is 1. The number of nitrogens with two attached hydrogens (primary N) is 1. The summed E-state index contributed by atoms with van der Waals surface area (Å²) in [6.07, 6.45) is 0. The van der Waals surface area contributed by atoms with Crippen molar-refractivity contribution in [1.29, 1.82) is 0 Å². The van der Waals surface area contributed by atoms with Crippen molar-refractivity contribution >= 4 is 38.5 Å². The third-order valence-electron chi connectivity index (χ3n) is 3.10. The first-order valence-electron chi connectivity index (χ1n) is 6.53. The lowest BCUT2D eigenvalue weighted by molar-refractivity contribution is 0.342. The van der Waals surface area contributed by atoms with Gasteiger partial charge in [-0.25, -0.2) is 0 Å². The van der Waals surface area contributed by atoms with E-state index in [9.17, 15) is 0 Å².